The standard InChI is InChI=1S/C23H18ClF3N4O4S2/c1-14-21(32)31(17-4-6-18(7-5-17)36-23(25,26)27)22(33)30(14)13-15-10-11-28-20(12-15)29-37(34,35)19-8-2-16(24)3-9-19/h2-12,32H,13H2,1H3,(H,28,29). The lowest BCUT2D eigenvalue weighted by Gasteiger charge is -2.09. The fourth-order valence-corrected chi connectivity index (χ4v) is 5.14. The van der Waals surface area contributed by atoms with Gasteiger partial charge in [-0.1, -0.05) is 11.6 Å². The van der Waals surface area contributed by atoms with Crippen LogP contribution in [0, 0.1) is 6.92 Å². The number of rotatable bonds is 7. The van der Waals surface area contributed by atoms with Crippen LogP contribution in [0.4, 0.5) is 19.0 Å². The lowest BCUT2D eigenvalue weighted by atomic mass is 10.2. The Morgan fingerprint density at radius 3 is 2.35 bits per heavy atom. The van der Waals surface area contributed by atoms with Gasteiger partial charge < -0.3 is 5.11 Å². The van der Waals surface area contributed by atoms with E-state index in [-0.39, 0.29) is 51.2 Å². The maximum Gasteiger partial charge on any atom is 0.446 e. The van der Waals surface area contributed by atoms with Gasteiger partial charge in [0, 0.05) is 16.1 Å². The van der Waals surface area contributed by atoms with E-state index in [1.807, 2.05) is 0 Å². The Morgan fingerprint density at radius 2 is 1.73 bits per heavy atom. The Kier molecular flexibility index (Phi) is 7.31. The number of hydrogen-bond donors (Lipinski definition) is 2. The van der Waals surface area contributed by atoms with Crippen molar-refractivity contribution in [2.75, 3.05) is 4.72 Å². The van der Waals surface area contributed by atoms with Gasteiger partial charge in [-0.05, 0) is 84.9 Å². The normalized spacial score (nSPS) is 12.0. The molecule has 2 N–H and O–H groups in total. The molecule has 0 unspecified atom stereocenters. The molecule has 2 aromatic heterocycles. The van der Waals surface area contributed by atoms with Crippen LogP contribution < -0.4 is 10.4 Å². The first-order valence-corrected chi connectivity index (χ1v) is 13.1. The lowest BCUT2D eigenvalue weighted by molar-refractivity contribution is -0.0328. The summed E-state index contributed by atoms with van der Waals surface area (Å²) < 4.78 is 67.7. The van der Waals surface area contributed by atoms with Crippen LogP contribution in [0.2, 0.25) is 5.02 Å². The number of pyridine rings is 1. The second-order valence-corrected chi connectivity index (χ2v) is 11.0. The quantitative estimate of drug-likeness (QED) is 0.297. The van der Waals surface area contributed by atoms with E-state index >= 15 is 0 Å². The highest BCUT2D eigenvalue weighted by Gasteiger charge is 2.29. The number of anilines is 1. The summed E-state index contributed by atoms with van der Waals surface area (Å²) in [7, 11) is -3.95. The third kappa shape index (κ3) is 6.12. The summed E-state index contributed by atoms with van der Waals surface area (Å²) in [5, 5.41) is 11.0. The third-order valence-corrected chi connectivity index (χ3v) is 7.58. The van der Waals surface area contributed by atoms with Crippen molar-refractivity contribution >= 4 is 39.2 Å². The first kappa shape index (κ1) is 26.6. The van der Waals surface area contributed by atoms with E-state index < -0.39 is 21.2 Å². The van der Waals surface area contributed by atoms with E-state index in [9.17, 15) is 31.5 Å². The molecule has 8 nitrogen and oxygen atoms in total. The molecule has 194 valence electrons. The van der Waals surface area contributed by atoms with Gasteiger partial charge in [-0.15, -0.1) is 0 Å². The van der Waals surface area contributed by atoms with Crippen molar-refractivity contribution in [2.24, 2.45) is 0 Å². The number of sulfonamides is 1. The van der Waals surface area contributed by atoms with Crippen molar-refractivity contribution in [2.45, 2.75) is 28.8 Å². The molecule has 0 radical (unpaired) electrons. The molecule has 0 spiro atoms. The maximum absolute atomic E-state index is 13.1. The maximum atomic E-state index is 13.1. The molecule has 0 aliphatic heterocycles. The molecular formula is C23H18ClF3N4O4S2. The molecule has 0 bridgehead atoms. The van der Waals surface area contributed by atoms with Gasteiger partial charge in [0.1, 0.15) is 5.82 Å². The second-order valence-electron chi connectivity index (χ2n) is 7.76. The average molecular weight is 571 g/mol. The average Bonchev–Trinajstić information content (AvgIpc) is 3.02. The monoisotopic (exact) mass is 570 g/mol. The van der Waals surface area contributed by atoms with Gasteiger partial charge in [0.05, 0.1) is 22.8 Å². The largest absolute Gasteiger partial charge is 0.493 e. The lowest BCUT2D eigenvalue weighted by Crippen LogP contribution is -2.24. The Bertz CT molecular complexity index is 1600. The van der Waals surface area contributed by atoms with Crippen LogP contribution in [-0.2, 0) is 16.6 Å². The van der Waals surface area contributed by atoms with Crippen LogP contribution in [0.1, 0.15) is 11.3 Å². The number of aromatic nitrogens is 3. The summed E-state index contributed by atoms with van der Waals surface area (Å²) in [5.74, 6) is -0.362. The molecule has 4 rings (SSSR count). The number of imidazole rings is 1. The summed E-state index contributed by atoms with van der Waals surface area (Å²) in [6.07, 6.45) is 1.36. The minimum Gasteiger partial charge on any atom is -0.493 e. The third-order valence-electron chi connectivity index (χ3n) is 5.22. The van der Waals surface area contributed by atoms with Crippen LogP contribution in [0.3, 0.4) is 0 Å². The van der Waals surface area contributed by atoms with Gasteiger partial charge in [0.2, 0.25) is 5.88 Å². The van der Waals surface area contributed by atoms with Crippen LogP contribution >= 0.6 is 23.4 Å². The van der Waals surface area contributed by atoms with Crippen molar-refractivity contribution in [3.8, 4) is 11.6 Å². The van der Waals surface area contributed by atoms with Gasteiger partial charge in [0.15, 0.2) is 0 Å². The Labute approximate surface area is 218 Å². The molecule has 2 aromatic carbocycles. The molecule has 4 aromatic rings. The molecule has 0 aliphatic carbocycles. The molecule has 37 heavy (non-hydrogen) atoms. The number of benzene rings is 2. The molecule has 14 heteroatoms. The number of nitrogens with zero attached hydrogens (tertiary/aromatic N) is 3. The Hall–Kier alpha value is -3.42. The number of alkyl halides is 3. The molecule has 0 fully saturated rings. The van der Waals surface area contributed by atoms with Crippen LogP contribution in [-0.4, -0.2) is 33.2 Å². The Balaban J connectivity index is 1.59. The molecule has 0 saturated heterocycles. The fourth-order valence-electron chi connectivity index (χ4n) is 3.47. The number of nitrogens with one attached hydrogen (secondary N) is 1. The smallest absolute Gasteiger partial charge is 0.446 e. The van der Waals surface area contributed by atoms with Gasteiger partial charge in [-0.3, -0.25) is 9.29 Å². The zero-order valence-corrected chi connectivity index (χ0v) is 21.3. The predicted molar refractivity (Wildman–Crippen MR) is 134 cm³/mol. The van der Waals surface area contributed by atoms with E-state index in [1.54, 1.807) is 6.07 Å². The van der Waals surface area contributed by atoms with Gasteiger partial charge in [-0.2, -0.15) is 13.2 Å². The first-order chi connectivity index (χ1) is 17.3. The Morgan fingerprint density at radius 1 is 1.08 bits per heavy atom. The zero-order chi connectivity index (χ0) is 27.0. The van der Waals surface area contributed by atoms with E-state index in [1.165, 1.54) is 72.3 Å². The minimum absolute atomic E-state index is 0.0135. The van der Waals surface area contributed by atoms with Crippen molar-refractivity contribution < 1.29 is 26.7 Å². The van der Waals surface area contributed by atoms with Crippen LogP contribution in [0.5, 0.6) is 5.88 Å². The first-order valence-electron chi connectivity index (χ1n) is 10.4. The van der Waals surface area contributed by atoms with Crippen molar-refractivity contribution in [1.82, 2.24) is 14.1 Å². The van der Waals surface area contributed by atoms with E-state index in [4.69, 9.17) is 11.6 Å². The minimum atomic E-state index is -4.45. The van der Waals surface area contributed by atoms with Crippen LogP contribution in [0.25, 0.3) is 5.69 Å². The van der Waals surface area contributed by atoms with Crippen molar-refractivity contribution in [3.63, 3.8) is 0 Å². The fraction of sp³-hybridized carbons (Fsp3) is 0.130. The highest BCUT2D eigenvalue weighted by Crippen LogP contribution is 2.37. The van der Waals surface area contributed by atoms with E-state index in [2.05, 4.69) is 9.71 Å². The molecule has 0 saturated carbocycles. The van der Waals surface area contributed by atoms with Gasteiger partial charge in [-0.25, -0.2) is 22.8 Å². The highest BCUT2D eigenvalue weighted by molar-refractivity contribution is 8.00. The summed E-state index contributed by atoms with van der Waals surface area (Å²) >= 11 is 5.52. The number of hydrogen-bond acceptors (Lipinski definition) is 6. The predicted octanol–water partition coefficient (Wildman–Crippen LogP) is 5.16. The molecular weight excluding hydrogens is 553 g/mol. The molecule has 0 aliphatic rings. The highest BCUT2D eigenvalue weighted by atomic mass is 35.5. The van der Waals surface area contributed by atoms with Gasteiger partial charge in [0.25, 0.3) is 10.0 Å². The van der Waals surface area contributed by atoms with Crippen LogP contribution in [0.15, 0.2) is 81.4 Å². The topological polar surface area (TPSA) is 106 Å². The summed E-state index contributed by atoms with van der Waals surface area (Å²) in [4.78, 5) is 17.0. The van der Waals surface area contributed by atoms with E-state index in [0.29, 0.717) is 10.6 Å². The SMILES string of the molecule is Cc1c(O)n(-c2ccc(SC(F)(F)F)cc2)c(=O)n1Cc1ccnc(NS(=O)(=O)c2ccc(Cl)cc2)c1. The summed E-state index contributed by atoms with van der Waals surface area (Å²) in [6.45, 7) is 1.47. The molecule has 0 atom stereocenters. The molecule has 2 heterocycles. The second kappa shape index (κ2) is 10.1. The van der Waals surface area contributed by atoms with Gasteiger partial charge >= 0.3 is 11.2 Å². The van der Waals surface area contributed by atoms with E-state index in [0.717, 1.165) is 4.57 Å². The number of aromatic hydroxyl groups is 1. The van der Waals surface area contributed by atoms with Crippen molar-refractivity contribution in [1.29, 1.82) is 0 Å². The summed E-state index contributed by atoms with van der Waals surface area (Å²) in [5.41, 5.74) is -4.19. The summed E-state index contributed by atoms with van der Waals surface area (Å²) in [6, 6.07) is 13.6. The number of thioether (sulfide) groups is 1. The van der Waals surface area contributed by atoms with Crippen molar-refractivity contribution in [3.05, 3.63) is 93.6 Å². The molecule has 0 amide bonds. The zero-order valence-electron chi connectivity index (χ0n) is 18.9. The number of halogens is 4.